The summed E-state index contributed by atoms with van der Waals surface area (Å²) in [5.41, 5.74) is 13.2. The van der Waals surface area contributed by atoms with Crippen molar-refractivity contribution in [3.8, 4) is 0 Å². The minimum Gasteiger partial charge on any atom is -0.327 e. The first-order valence-electron chi connectivity index (χ1n) is 9.60. The van der Waals surface area contributed by atoms with Crippen molar-refractivity contribution in [2.24, 2.45) is 52.4 Å². The summed E-state index contributed by atoms with van der Waals surface area (Å²) in [5.74, 6) is 4.48. The number of hydrogen-bond donors (Lipinski definition) is 2. The highest BCUT2D eigenvalue weighted by Crippen LogP contribution is 2.45. The Morgan fingerprint density at radius 2 is 1.14 bits per heavy atom. The Morgan fingerprint density at radius 1 is 0.727 bits per heavy atom. The first-order chi connectivity index (χ1) is 10.1. The second-order valence-corrected chi connectivity index (χ2v) is 9.97. The summed E-state index contributed by atoms with van der Waals surface area (Å²) >= 11 is 0. The second kappa shape index (κ2) is 6.81. The first kappa shape index (κ1) is 18.3. The van der Waals surface area contributed by atoms with E-state index >= 15 is 0 Å². The van der Waals surface area contributed by atoms with Gasteiger partial charge in [0.2, 0.25) is 0 Å². The van der Waals surface area contributed by atoms with Crippen LogP contribution in [0, 0.1) is 40.9 Å². The topological polar surface area (TPSA) is 52.0 Å². The molecule has 0 aromatic carbocycles. The summed E-state index contributed by atoms with van der Waals surface area (Å²) < 4.78 is 0. The Kier molecular flexibility index (Phi) is 5.65. The fourth-order valence-electron chi connectivity index (χ4n) is 5.50. The van der Waals surface area contributed by atoms with E-state index in [2.05, 4.69) is 41.5 Å². The predicted octanol–water partition coefficient (Wildman–Crippen LogP) is 4.42. The molecule has 22 heavy (non-hydrogen) atoms. The minimum atomic E-state index is 0.335. The van der Waals surface area contributed by atoms with E-state index in [1.54, 1.807) is 0 Å². The van der Waals surface area contributed by atoms with Crippen LogP contribution in [-0.4, -0.2) is 12.1 Å². The molecule has 0 saturated heterocycles. The lowest BCUT2D eigenvalue weighted by molar-refractivity contribution is 0.0611. The molecule has 2 aliphatic rings. The van der Waals surface area contributed by atoms with Crippen LogP contribution in [0.4, 0.5) is 0 Å². The third-order valence-electron chi connectivity index (χ3n) is 6.92. The molecular weight excluding hydrogens is 268 g/mol. The van der Waals surface area contributed by atoms with Crippen molar-refractivity contribution in [3.05, 3.63) is 0 Å². The van der Waals surface area contributed by atoms with E-state index < -0.39 is 0 Å². The average molecular weight is 309 g/mol. The van der Waals surface area contributed by atoms with Gasteiger partial charge in [-0.2, -0.15) is 0 Å². The molecule has 0 aromatic heterocycles. The molecule has 0 bridgehead atoms. The number of nitrogens with two attached hydrogens (primary N) is 2. The first-order valence-corrected chi connectivity index (χ1v) is 9.60. The van der Waals surface area contributed by atoms with Gasteiger partial charge in [-0.1, -0.05) is 41.5 Å². The van der Waals surface area contributed by atoms with Gasteiger partial charge < -0.3 is 11.5 Å². The van der Waals surface area contributed by atoms with Crippen molar-refractivity contribution in [1.29, 1.82) is 0 Å². The second-order valence-electron chi connectivity index (χ2n) is 9.97. The molecule has 0 aliphatic heterocycles. The fraction of sp³-hybridized carbons (Fsp3) is 1.00. The van der Waals surface area contributed by atoms with Crippen molar-refractivity contribution in [3.63, 3.8) is 0 Å². The van der Waals surface area contributed by atoms with E-state index in [1.807, 2.05) is 0 Å². The Bertz CT molecular complexity index is 347. The maximum Gasteiger partial charge on any atom is 0.00981 e. The van der Waals surface area contributed by atoms with Crippen LogP contribution in [0.5, 0.6) is 0 Å². The van der Waals surface area contributed by atoms with Crippen molar-refractivity contribution >= 4 is 0 Å². The summed E-state index contributed by atoms with van der Waals surface area (Å²) in [4.78, 5) is 0. The lowest BCUT2D eigenvalue weighted by atomic mass is 9.61. The highest BCUT2D eigenvalue weighted by Gasteiger charge is 2.40. The summed E-state index contributed by atoms with van der Waals surface area (Å²) in [6.07, 6.45) is 6.75. The van der Waals surface area contributed by atoms with Crippen molar-refractivity contribution < 1.29 is 0 Å². The maximum atomic E-state index is 6.55. The zero-order valence-electron chi connectivity index (χ0n) is 15.8. The smallest absolute Gasteiger partial charge is 0.00981 e. The Hall–Kier alpha value is -0.0800. The summed E-state index contributed by atoms with van der Waals surface area (Å²) in [6.45, 7) is 14.2. The van der Waals surface area contributed by atoms with Crippen LogP contribution in [0.25, 0.3) is 0 Å². The van der Waals surface area contributed by atoms with E-state index in [9.17, 15) is 0 Å². The highest BCUT2D eigenvalue weighted by molar-refractivity contribution is 4.94. The van der Waals surface area contributed by atoms with E-state index in [-0.39, 0.29) is 0 Å². The van der Waals surface area contributed by atoms with Crippen LogP contribution in [0.2, 0.25) is 0 Å². The zero-order chi connectivity index (χ0) is 16.7. The summed E-state index contributed by atoms with van der Waals surface area (Å²) in [7, 11) is 0. The van der Waals surface area contributed by atoms with Crippen LogP contribution in [-0.2, 0) is 0 Å². The van der Waals surface area contributed by atoms with Gasteiger partial charge in [-0.15, -0.1) is 0 Å². The number of rotatable bonds is 2. The summed E-state index contributed by atoms with van der Waals surface area (Å²) in [6, 6.07) is 0.797. The van der Waals surface area contributed by atoms with Gasteiger partial charge in [0.05, 0.1) is 0 Å². The molecule has 0 spiro atoms. The molecule has 0 aromatic rings. The van der Waals surface area contributed by atoms with Gasteiger partial charge >= 0.3 is 0 Å². The van der Waals surface area contributed by atoms with Crippen LogP contribution < -0.4 is 11.5 Å². The van der Waals surface area contributed by atoms with Gasteiger partial charge in [0, 0.05) is 12.1 Å². The normalized spacial score (nSPS) is 47.5. The quantitative estimate of drug-likeness (QED) is 0.793. The van der Waals surface area contributed by atoms with Gasteiger partial charge in [-0.05, 0) is 73.0 Å². The molecule has 2 aliphatic carbocycles. The van der Waals surface area contributed by atoms with E-state index in [1.165, 1.54) is 32.1 Å². The van der Waals surface area contributed by atoms with Gasteiger partial charge in [0.15, 0.2) is 0 Å². The van der Waals surface area contributed by atoms with Gasteiger partial charge in [0.1, 0.15) is 0 Å². The SMILES string of the molecule is CC1CC(CC2CC(C)C(N)C(C(C)(C)C)C2)CC(C)C1N. The average Bonchev–Trinajstić information content (AvgIpc) is 2.38. The molecule has 0 heterocycles. The highest BCUT2D eigenvalue weighted by atomic mass is 14.7. The lowest BCUT2D eigenvalue weighted by Gasteiger charge is -2.47. The molecular formula is C20H40N2. The molecule has 2 nitrogen and oxygen atoms in total. The Balaban J connectivity index is 1.98. The van der Waals surface area contributed by atoms with Gasteiger partial charge in [-0.3, -0.25) is 0 Å². The monoisotopic (exact) mass is 308 g/mol. The molecule has 0 radical (unpaired) electrons. The third kappa shape index (κ3) is 4.06. The van der Waals surface area contributed by atoms with Crippen molar-refractivity contribution in [2.45, 2.75) is 85.7 Å². The zero-order valence-corrected chi connectivity index (χ0v) is 15.8. The van der Waals surface area contributed by atoms with E-state index in [0.717, 1.165) is 11.8 Å². The summed E-state index contributed by atoms with van der Waals surface area (Å²) in [5, 5.41) is 0. The van der Waals surface area contributed by atoms with E-state index in [0.29, 0.717) is 41.2 Å². The largest absolute Gasteiger partial charge is 0.327 e. The molecule has 130 valence electrons. The van der Waals surface area contributed by atoms with Crippen molar-refractivity contribution in [1.82, 2.24) is 0 Å². The molecule has 6 atom stereocenters. The molecule has 2 saturated carbocycles. The van der Waals surface area contributed by atoms with E-state index in [4.69, 9.17) is 11.5 Å². The van der Waals surface area contributed by atoms with Crippen LogP contribution in [0.15, 0.2) is 0 Å². The minimum absolute atomic E-state index is 0.335. The lowest BCUT2D eigenvalue weighted by Crippen LogP contribution is -2.48. The molecule has 2 fully saturated rings. The molecule has 4 N–H and O–H groups in total. The number of hydrogen-bond acceptors (Lipinski definition) is 2. The molecule has 2 heteroatoms. The van der Waals surface area contributed by atoms with Crippen LogP contribution >= 0.6 is 0 Å². The molecule has 6 unspecified atom stereocenters. The fourth-order valence-corrected chi connectivity index (χ4v) is 5.50. The Morgan fingerprint density at radius 3 is 1.59 bits per heavy atom. The molecule has 2 rings (SSSR count). The standard InChI is InChI=1S/C20H40N2/c1-12-7-15(8-13(2)18(12)21)10-16-9-14(3)19(22)17(11-16)20(4,5)6/h12-19H,7-11,21-22H2,1-6H3. The van der Waals surface area contributed by atoms with Crippen molar-refractivity contribution in [2.75, 3.05) is 0 Å². The van der Waals surface area contributed by atoms with Crippen LogP contribution in [0.3, 0.4) is 0 Å². The third-order valence-corrected chi connectivity index (χ3v) is 6.92. The van der Waals surface area contributed by atoms with Gasteiger partial charge in [-0.25, -0.2) is 0 Å². The molecule has 0 amide bonds. The Labute approximate surface area is 138 Å². The predicted molar refractivity (Wildman–Crippen MR) is 96.5 cm³/mol. The van der Waals surface area contributed by atoms with Gasteiger partial charge in [0.25, 0.3) is 0 Å². The van der Waals surface area contributed by atoms with Crippen LogP contribution in [0.1, 0.15) is 73.6 Å². The maximum absolute atomic E-state index is 6.55.